The number of amides is 1. The van der Waals surface area contributed by atoms with Gasteiger partial charge in [0.1, 0.15) is 11.3 Å². The highest BCUT2D eigenvalue weighted by atomic mass is 35.5. The van der Waals surface area contributed by atoms with Gasteiger partial charge in [-0.3, -0.25) is 9.69 Å². The molecule has 5 rings (SSSR count). The largest absolute Gasteiger partial charge is 0.436 e. The zero-order valence-corrected chi connectivity index (χ0v) is 18.7. The van der Waals surface area contributed by atoms with Crippen LogP contribution in [0, 0.1) is 5.82 Å². The summed E-state index contributed by atoms with van der Waals surface area (Å²) in [6.45, 7) is 4.92. The van der Waals surface area contributed by atoms with Crippen molar-refractivity contribution in [3.05, 3.63) is 83.7 Å². The van der Waals surface area contributed by atoms with Crippen molar-refractivity contribution >= 4 is 35.1 Å². The summed E-state index contributed by atoms with van der Waals surface area (Å²) in [5.41, 5.74) is 3.74. The van der Waals surface area contributed by atoms with Gasteiger partial charge in [-0.25, -0.2) is 9.37 Å². The molecular weight excluding hydrogens is 443 g/mol. The Balaban J connectivity index is 0.00000259. The molecule has 2 heterocycles. The van der Waals surface area contributed by atoms with Gasteiger partial charge < -0.3 is 15.1 Å². The number of carbonyl (C=O) groups is 1. The van der Waals surface area contributed by atoms with Crippen LogP contribution in [0.15, 0.2) is 71.1 Å². The van der Waals surface area contributed by atoms with Crippen molar-refractivity contribution in [2.75, 3.05) is 31.5 Å². The number of oxazole rings is 1. The standard InChI is InChI=1S/C25H23FN4O2.ClH/c26-20-7-3-1-5-18(20)24(31)28-21-8-4-2-6-19(21)25-29-22-10-9-17(15-23(22)32-25)16-30-13-11-27-12-14-30;/h1-10,15,27H,11-14,16H2,(H,28,31);1H. The van der Waals surface area contributed by atoms with E-state index in [0.29, 0.717) is 22.7 Å². The Bertz CT molecular complexity index is 1270. The van der Waals surface area contributed by atoms with Crippen molar-refractivity contribution in [2.45, 2.75) is 6.54 Å². The first kappa shape index (κ1) is 22.9. The average molecular weight is 467 g/mol. The zero-order chi connectivity index (χ0) is 21.9. The number of rotatable bonds is 5. The lowest BCUT2D eigenvalue weighted by Crippen LogP contribution is -2.42. The lowest BCUT2D eigenvalue weighted by atomic mass is 10.1. The van der Waals surface area contributed by atoms with Crippen LogP contribution in [0.5, 0.6) is 0 Å². The highest BCUT2D eigenvalue weighted by molar-refractivity contribution is 6.06. The third-order valence-electron chi connectivity index (χ3n) is 5.59. The average Bonchev–Trinajstić information content (AvgIpc) is 3.23. The van der Waals surface area contributed by atoms with Crippen LogP contribution >= 0.6 is 12.4 Å². The number of para-hydroxylation sites is 1. The Morgan fingerprint density at radius 1 is 1.06 bits per heavy atom. The first-order valence-corrected chi connectivity index (χ1v) is 10.7. The second-order valence-corrected chi connectivity index (χ2v) is 7.83. The monoisotopic (exact) mass is 466 g/mol. The number of nitrogens with one attached hydrogen (secondary N) is 2. The third kappa shape index (κ3) is 5.06. The van der Waals surface area contributed by atoms with Crippen molar-refractivity contribution in [1.82, 2.24) is 15.2 Å². The summed E-state index contributed by atoms with van der Waals surface area (Å²) in [5, 5.41) is 6.15. The smallest absolute Gasteiger partial charge is 0.258 e. The molecule has 0 spiro atoms. The summed E-state index contributed by atoms with van der Waals surface area (Å²) < 4.78 is 20.1. The highest BCUT2D eigenvalue weighted by Gasteiger charge is 2.17. The quantitative estimate of drug-likeness (QED) is 0.445. The molecule has 8 heteroatoms. The number of carbonyl (C=O) groups excluding carboxylic acids is 1. The Morgan fingerprint density at radius 2 is 1.82 bits per heavy atom. The number of hydrogen-bond donors (Lipinski definition) is 2. The molecule has 0 bridgehead atoms. The van der Waals surface area contributed by atoms with Crippen LogP contribution in [0.2, 0.25) is 0 Å². The van der Waals surface area contributed by atoms with E-state index >= 15 is 0 Å². The number of anilines is 1. The molecule has 2 N–H and O–H groups in total. The number of aromatic nitrogens is 1. The van der Waals surface area contributed by atoms with E-state index in [2.05, 4.69) is 26.6 Å². The Morgan fingerprint density at radius 3 is 2.64 bits per heavy atom. The number of piperazine rings is 1. The van der Waals surface area contributed by atoms with Gasteiger partial charge >= 0.3 is 0 Å². The minimum absolute atomic E-state index is 0. The molecule has 1 saturated heterocycles. The molecule has 0 saturated carbocycles. The van der Waals surface area contributed by atoms with Crippen LogP contribution in [0.4, 0.5) is 10.1 Å². The summed E-state index contributed by atoms with van der Waals surface area (Å²) >= 11 is 0. The Hall–Kier alpha value is -3.26. The number of benzene rings is 3. The molecule has 1 amide bonds. The van der Waals surface area contributed by atoms with E-state index in [1.165, 1.54) is 17.7 Å². The maximum Gasteiger partial charge on any atom is 0.258 e. The molecule has 1 aliphatic rings. The molecule has 0 radical (unpaired) electrons. The lowest BCUT2D eigenvalue weighted by molar-refractivity contribution is 0.102. The Kier molecular flexibility index (Phi) is 7.03. The van der Waals surface area contributed by atoms with Gasteiger partial charge in [0, 0.05) is 32.7 Å². The normalized spacial score (nSPS) is 14.1. The van der Waals surface area contributed by atoms with E-state index in [0.717, 1.165) is 38.2 Å². The van der Waals surface area contributed by atoms with Gasteiger partial charge in [-0.05, 0) is 42.0 Å². The van der Waals surface area contributed by atoms with Gasteiger partial charge in [-0.1, -0.05) is 30.3 Å². The van der Waals surface area contributed by atoms with E-state index in [-0.39, 0.29) is 18.0 Å². The second kappa shape index (κ2) is 10.1. The van der Waals surface area contributed by atoms with Crippen LogP contribution < -0.4 is 10.6 Å². The maximum absolute atomic E-state index is 14.0. The summed E-state index contributed by atoms with van der Waals surface area (Å²) in [6.07, 6.45) is 0. The van der Waals surface area contributed by atoms with Crippen LogP contribution in [0.3, 0.4) is 0 Å². The molecule has 0 atom stereocenters. The molecule has 33 heavy (non-hydrogen) atoms. The van der Waals surface area contributed by atoms with E-state index in [9.17, 15) is 9.18 Å². The van der Waals surface area contributed by atoms with E-state index < -0.39 is 11.7 Å². The van der Waals surface area contributed by atoms with Crippen molar-refractivity contribution in [2.24, 2.45) is 0 Å². The van der Waals surface area contributed by atoms with Gasteiger partial charge in [-0.15, -0.1) is 12.4 Å². The predicted molar refractivity (Wildman–Crippen MR) is 129 cm³/mol. The fraction of sp³-hybridized carbons (Fsp3) is 0.200. The molecule has 1 aromatic heterocycles. The molecule has 3 aromatic carbocycles. The minimum Gasteiger partial charge on any atom is -0.436 e. The number of fused-ring (bicyclic) bond motifs is 1. The Labute approximate surface area is 197 Å². The molecule has 1 aliphatic heterocycles. The van der Waals surface area contributed by atoms with Gasteiger partial charge in [0.25, 0.3) is 5.91 Å². The number of hydrogen-bond acceptors (Lipinski definition) is 5. The molecule has 0 aliphatic carbocycles. The number of nitrogens with zero attached hydrogens (tertiary/aromatic N) is 2. The molecular formula is C25H24ClFN4O2. The molecule has 0 unspecified atom stereocenters. The van der Waals surface area contributed by atoms with Crippen molar-refractivity contribution in [3.8, 4) is 11.5 Å². The number of halogens is 2. The van der Waals surface area contributed by atoms with Crippen LogP contribution in [-0.2, 0) is 6.54 Å². The van der Waals surface area contributed by atoms with Crippen LogP contribution in [0.1, 0.15) is 15.9 Å². The first-order chi connectivity index (χ1) is 15.7. The molecule has 170 valence electrons. The summed E-state index contributed by atoms with van der Waals surface area (Å²) in [5.74, 6) is -0.685. The molecule has 4 aromatic rings. The highest BCUT2D eigenvalue weighted by Crippen LogP contribution is 2.31. The van der Waals surface area contributed by atoms with Gasteiger partial charge in [0.15, 0.2) is 5.58 Å². The lowest BCUT2D eigenvalue weighted by Gasteiger charge is -2.27. The van der Waals surface area contributed by atoms with Crippen LogP contribution in [-0.4, -0.2) is 42.0 Å². The predicted octanol–water partition coefficient (Wildman–Crippen LogP) is 4.71. The summed E-state index contributed by atoms with van der Waals surface area (Å²) in [4.78, 5) is 19.6. The zero-order valence-electron chi connectivity index (χ0n) is 17.9. The fourth-order valence-corrected chi connectivity index (χ4v) is 3.92. The first-order valence-electron chi connectivity index (χ1n) is 10.7. The third-order valence-corrected chi connectivity index (χ3v) is 5.59. The van der Waals surface area contributed by atoms with E-state index in [4.69, 9.17) is 4.42 Å². The van der Waals surface area contributed by atoms with Crippen molar-refractivity contribution in [1.29, 1.82) is 0 Å². The van der Waals surface area contributed by atoms with Crippen molar-refractivity contribution in [3.63, 3.8) is 0 Å². The van der Waals surface area contributed by atoms with E-state index in [1.54, 1.807) is 24.3 Å². The summed E-state index contributed by atoms with van der Waals surface area (Å²) in [7, 11) is 0. The van der Waals surface area contributed by atoms with Crippen molar-refractivity contribution < 1.29 is 13.6 Å². The fourth-order valence-electron chi connectivity index (χ4n) is 3.92. The second-order valence-electron chi connectivity index (χ2n) is 7.83. The topological polar surface area (TPSA) is 70.4 Å². The van der Waals surface area contributed by atoms with Crippen LogP contribution in [0.25, 0.3) is 22.6 Å². The van der Waals surface area contributed by atoms with Gasteiger partial charge in [-0.2, -0.15) is 0 Å². The van der Waals surface area contributed by atoms with Gasteiger partial charge in [0.05, 0.1) is 16.8 Å². The minimum atomic E-state index is -0.568. The molecule has 1 fully saturated rings. The van der Waals surface area contributed by atoms with E-state index in [1.807, 2.05) is 24.3 Å². The maximum atomic E-state index is 14.0. The van der Waals surface area contributed by atoms with Gasteiger partial charge in [0.2, 0.25) is 5.89 Å². The summed E-state index contributed by atoms with van der Waals surface area (Å²) in [6, 6.07) is 19.2. The SMILES string of the molecule is Cl.O=C(Nc1ccccc1-c1nc2ccc(CN3CCNCC3)cc2o1)c1ccccc1F. The molecule has 6 nitrogen and oxygen atoms in total.